The lowest BCUT2D eigenvalue weighted by atomic mass is 10.0. The van der Waals surface area contributed by atoms with Gasteiger partial charge in [0.05, 0.1) is 17.9 Å². The molecule has 1 aliphatic heterocycles. The first-order valence-electron chi connectivity index (χ1n) is 9.96. The molecule has 0 aromatic carbocycles. The van der Waals surface area contributed by atoms with Crippen LogP contribution in [0.5, 0.6) is 0 Å². The molecule has 1 N–H and O–H groups in total. The average molecular weight is 368 g/mol. The van der Waals surface area contributed by atoms with Gasteiger partial charge in [0, 0.05) is 36.8 Å². The number of aromatic nitrogens is 4. The van der Waals surface area contributed by atoms with E-state index < -0.39 is 0 Å². The van der Waals surface area contributed by atoms with Crippen LogP contribution in [-0.4, -0.2) is 43.6 Å². The quantitative estimate of drug-likeness (QED) is 0.846. The standard InChI is InChI=1S/C20H28N6O/c1-4-26-14(3)16(13(2)24-26)7-9-21-19-17-8-10-25(20(27)15-5-6-15)11-18(17)22-12-23-19/h12,15H,4-11H2,1-3H3,(H,21,22,23). The molecule has 2 aliphatic rings. The highest BCUT2D eigenvalue weighted by Crippen LogP contribution is 2.33. The van der Waals surface area contributed by atoms with Gasteiger partial charge in [-0.15, -0.1) is 0 Å². The molecule has 7 nitrogen and oxygen atoms in total. The zero-order valence-electron chi connectivity index (χ0n) is 16.5. The Labute approximate surface area is 160 Å². The minimum atomic E-state index is 0.265. The summed E-state index contributed by atoms with van der Waals surface area (Å²) >= 11 is 0. The maximum atomic E-state index is 12.3. The second kappa shape index (κ2) is 7.29. The average Bonchev–Trinajstić information content (AvgIpc) is 3.49. The molecule has 1 fully saturated rings. The van der Waals surface area contributed by atoms with Gasteiger partial charge in [0.1, 0.15) is 12.1 Å². The van der Waals surface area contributed by atoms with Crippen LogP contribution in [0.3, 0.4) is 0 Å². The lowest BCUT2D eigenvalue weighted by Crippen LogP contribution is -2.37. The minimum Gasteiger partial charge on any atom is -0.369 e. The van der Waals surface area contributed by atoms with Crippen LogP contribution in [-0.2, 0) is 30.7 Å². The highest BCUT2D eigenvalue weighted by atomic mass is 16.2. The smallest absolute Gasteiger partial charge is 0.226 e. The molecule has 7 heteroatoms. The molecule has 0 bridgehead atoms. The number of nitrogens with zero attached hydrogens (tertiary/aromatic N) is 5. The van der Waals surface area contributed by atoms with E-state index in [1.807, 2.05) is 4.90 Å². The molecule has 4 rings (SSSR count). The molecular weight excluding hydrogens is 340 g/mol. The number of rotatable bonds is 6. The van der Waals surface area contributed by atoms with Crippen LogP contribution in [0, 0.1) is 19.8 Å². The second-order valence-electron chi connectivity index (χ2n) is 7.57. The first-order valence-corrected chi connectivity index (χ1v) is 9.96. The van der Waals surface area contributed by atoms with E-state index in [4.69, 9.17) is 0 Å². The number of hydrogen-bond acceptors (Lipinski definition) is 5. The van der Waals surface area contributed by atoms with Crippen molar-refractivity contribution in [1.29, 1.82) is 0 Å². The highest BCUT2D eigenvalue weighted by Gasteiger charge is 2.35. The van der Waals surface area contributed by atoms with Gasteiger partial charge in [-0.2, -0.15) is 5.10 Å². The third kappa shape index (κ3) is 3.55. The molecule has 1 aliphatic carbocycles. The van der Waals surface area contributed by atoms with E-state index in [9.17, 15) is 4.79 Å². The van der Waals surface area contributed by atoms with Crippen LogP contribution >= 0.6 is 0 Å². The lowest BCUT2D eigenvalue weighted by Gasteiger charge is -2.29. The van der Waals surface area contributed by atoms with Gasteiger partial charge in [0.25, 0.3) is 0 Å². The van der Waals surface area contributed by atoms with Crippen molar-refractivity contribution >= 4 is 11.7 Å². The number of nitrogens with one attached hydrogen (secondary N) is 1. The first kappa shape index (κ1) is 17.9. The summed E-state index contributed by atoms with van der Waals surface area (Å²) in [6.07, 6.45) is 5.45. The molecule has 27 heavy (non-hydrogen) atoms. The molecule has 0 unspecified atom stereocenters. The van der Waals surface area contributed by atoms with Crippen molar-refractivity contribution < 1.29 is 4.79 Å². The molecule has 144 valence electrons. The molecule has 1 amide bonds. The third-order valence-electron chi connectivity index (χ3n) is 5.74. The van der Waals surface area contributed by atoms with Gasteiger partial charge in [0.2, 0.25) is 5.91 Å². The molecule has 0 saturated heterocycles. The van der Waals surface area contributed by atoms with E-state index >= 15 is 0 Å². The Bertz CT molecular complexity index is 854. The fourth-order valence-electron chi connectivity index (χ4n) is 3.99. The van der Waals surface area contributed by atoms with Crippen LogP contribution < -0.4 is 5.32 Å². The normalized spacial score (nSPS) is 16.3. The Morgan fingerprint density at radius 1 is 1.30 bits per heavy atom. The maximum Gasteiger partial charge on any atom is 0.226 e. The number of fused-ring (bicyclic) bond motifs is 1. The zero-order valence-corrected chi connectivity index (χ0v) is 16.5. The maximum absolute atomic E-state index is 12.3. The van der Waals surface area contributed by atoms with E-state index in [-0.39, 0.29) is 5.92 Å². The van der Waals surface area contributed by atoms with Gasteiger partial charge in [-0.25, -0.2) is 9.97 Å². The van der Waals surface area contributed by atoms with E-state index in [2.05, 4.69) is 45.8 Å². The van der Waals surface area contributed by atoms with Gasteiger partial charge in [-0.05, 0) is 52.0 Å². The number of aryl methyl sites for hydroxylation is 2. The van der Waals surface area contributed by atoms with Crippen LogP contribution in [0.25, 0.3) is 0 Å². The summed E-state index contributed by atoms with van der Waals surface area (Å²) in [6, 6.07) is 0. The number of carbonyl (C=O) groups excluding carboxylic acids is 1. The summed E-state index contributed by atoms with van der Waals surface area (Å²) < 4.78 is 2.06. The molecule has 2 aromatic rings. The summed E-state index contributed by atoms with van der Waals surface area (Å²) in [5, 5.41) is 8.09. The van der Waals surface area contributed by atoms with Crippen molar-refractivity contribution in [2.75, 3.05) is 18.4 Å². The predicted octanol–water partition coefficient (Wildman–Crippen LogP) is 2.26. The number of amides is 1. The molecule has 2 aromatic heterocycles. The van der Waals surface area contributed by atoms with E-state index in [1.54, 1.807) is 6.33 Å². The zero-order chi connectivity index (χ0) is 19.0. The molecule has 1 saturated carbocycles. The Kier molecular flexibility index (Phi) is 4.85. The summed E-state index contributed by atoms with van der Waals surface area (Å²) in [5.74, 6) is 1.48. The van der Waals surface area contributed by atoms with E-state index in [1.165, 1.54) is 11.3 Å². The topological polar surface area (TPSA) is 75.9 Å². The van der Waals surface area contributed by atoms with Gasteiger partial charge >= 0.3 is 0 Å². The van der Waals surface area contributed by atoms with Crippen LogP contribution in [0.2, 0.25) is 0 Å². The van der Waals surface area contributed by atoms with Crippen molar-refractivity contribution in [2.45, 2.75) is 59.5 Å². The van der Waals surface area contributed by atoms with Crippen LogP contribution in [0.15, 0.2) is 6.33 Å². The highest BCUT2D eigenvalue weighted by molar-refractivity contribution is 5.81. The number of carbonyl (C=O) groups is 1. The Balaban J connectivity index is 1.41. The Hall–Kier alpha value is -2.44. The molecule has 0 spiro atoms. The SMILES string of the molecule is CCn1nc(C)c(CCNc2ncnc3c2CCN(C(=O)C2CC2)C3)c1C. The molecule has 3 heterocycles. The van der Waals surface area contributed by atoms with E-state index in [0.29, 0.717) is 12.5 Å². The summed E-state index contributed by atoms with van der Waals surface area (Å²) in [5.41, 5.74) is 5.81. The van der Waals surface area contributed by atoms with Crippen molar-refractivity contribution in [3.63, 3.8) is 0 Å². The fraction of sp³-hybridized carbons (Fsp3) is 0.600. The van der Waals surface area contributed by atoms with Gasteiger partial charge in [-0.1, -0.05) is 0 Å². The summed E-state index contributed by atoms with van der Waals surface area (Å²) in [4.78, 5) is 23.2. The molecular formula is C20H28N6O. The summed E-state index contributed by atoms with van der Waals surface area (Å²) in [6.45, 7) is 9.42. The Morgan fingerprint density at radius 2 is 2.11 bits per heavy atom. The van der Waals surface area contributed by atoms with Crippen molar-refractivity contribution in [2.24, 2.45) is 5.92 Å². The Morgan fingerprint density at radius 3 is 2.81 bits per heavy atom. The molecule has 0 atom stereocenters. The van der Waals surface area contributed by atoms with Crippen molar-refractivity contribution in [3.05, 3.63) is 34.5 Å². The van der Waals surface area contributed by atoms with Crippen molar-refractivity contribution in [1.82, 2.24) is 24.6 Å². The van der Waals surface area contributed by atoms with Crippen LogP contribution in [0.4, 0.5) is 5.82 Å². The lowest BCUT2D eigenvalue weighted by molar-refractivity contribution is -0.133. The van der Waals surface area contributed by atoms with Crippen LogP contribution in [0.1, 0.15) is 48.0 Å². The van der Waals surface area contributed by atoms with Gasteiger partial charge in [-0.3, -0.25) is 9.48 Å². The molecule has 0 radical (unpaired) electrons. The monoisotopic (exact) mass is 368 g/mol. The predicted molar refractivity (Wildman–Crippen MR) is 103 cm³/mol. The van der Waals surface area contributed by atoms with Gasteiger partial charge in [0.15, 0.2) is 0 Å². The van der Waals surface area contributed by atoms with Gasteiger partial charge < -0.3 is 10.2 Å². The first-order chi connectivity index (χ1) is 13.1. The third-order valence-corrected chi connectivity index (χ3v) is 5.74. The van der Waals surface area contributed by atoms with Crippen molar-refractivity contribution in [3.8, 4) is 0 Å². The number of hydrogen-bond donors (Lipinski definition) is 1. The number of anilines is 1. The fourth-order valence-corrected chi connectivity index (χ4v) is 3.99. The van der Waals surface area contributed by atoms with E-state index in [0.717, 1.165) is 68.1 Å². The minimum absolute atomic E-state index is 0.265. The second-order valence-corrected chi connectivity index (χ2v) is 7.57. The largest absolute Gasteiger partial charge is 0.369 e. The summed E-state index contributed by atoms with van der Waals surface area (Å²) in [7, 11) is 0.